The highest BCUT2D eigenvalue weighted by Gasteiger charge is 2.18. The maximum atomic E-state index is 13.4. The third-order valence-electron chi connectivity index (χ3n) is 2.94. The van der Waals surface area contributed by atoms with Crippen LogP contribution in [0.4, 0.5) is 15.9 Å². The van der Waals surface area contributed by atoms with Gasteiger partial charge in [-0.2, -0.15) is 0 Å². The quantitative estimate of drug-likeness (QED) is 0.750. The minimum absolute atomic E-state index is 0.226. The van der Waals surface area contributed by atoms with Crippen molar-refractivity contribution in [3.05, 3.63) is 58.4 Å². The van der Waals surface area contributed by atoms with E-state index in [9.17, 15) is 9.18 Å². The van der Waals surface area contributed by atoms with Gasteiger partial charge in [-0.3, -0.25) is 9.78 Å². The molecule has 0 atom stereocenters. The standard InChI is InChI=1S/C15H10ClFN4OS/c16-10-4-3-9(17)6-11(10)20-14-12(13(18)22)23-15(21-14)8-2-1-5-19-7-8/h1-7,20H,(H2,18,22). The second kappa shape index (κ2) is 6.31. The number of halogens is 2. The van der Waals surface area contributed by atoms with Gasteiger partial charge in [-0.15, -0.1) is 11.3 Å². The van der Waals surface area contributed by atoms with Crippen molar-refractivity contribution < 1.29 is 9.18 Å². The summed E-state index contributed by atoms with van der Waals surface area (Å²) in [6.45, 7) is 0. The normalized spacial score (nSPS) is 10.5. The maximum absolute atomic E-state index is 13.4. The molecule has 1 amide bonds. The number of primary amides is 1. The molecule has 3 aromatic rings. The maximum Gasteiger partial charge on any atom is 0.262 e. The lowest BCUT2D eigenvalue weighted by Crippen LogP contribution is -2.11. The molecular formula is C15H10ClFN4OS. The van der Waals surface area contributed by atoms with E-state index in [-0.39, 0.29) is 10.7 Å². The molecule has 0 saturated heterocycles. The number of rotatable bonds is 4. The fourth-order valence-electron chi connectivity index (χ4n) is 1.91. The molecule has 0 spiro atoms. The predicted molar refractivity (Wildman–Crippen MR) is 88.6 cm³/mol. The minimum Gasteiger partial charge on any atom is -0.365 e. The van der Waals surface area contributed by atoms with Crippen LogP contribution < -0.4 is 11.1 Å². The predicted octanol–water partition coefficient (Wildman–Crippen LogP) is 3.84. The molecule has 116 valence electrons. The number of thiazole rings is 1. The first-order valence-corrected chi connectivity index (χ1v) is 7.67. The van der Waals surface area contributed by atoms with E-state index in [2.05, 4.69) is 15.3 Å². The van der Waals surface area contributed by atoms with Gasteiger partial charge in [-0.05, 0) is 30.3 Å². The summed E-state index contributed by atoms with van der Waals surface area (Å²) in [5, 5.41) is 3.73. The van der Waals surface area contributed by atoms with E-state index in [0.717, 1.165) is 16.9 Å². The Morgan fingerprint density at radius 1 is 1.35 bits per heavy atom. The van der Waals surface area contributed by atoms with Gasteiger partial charge in [0.25, 0.3) is 5.91 Å². The second-order valence-corrected chi connectivity index (χ2v) is 5.96. The lowest BCUT2D eigenvalue weighted by atomic mass is 10.3. The lowest BCUT2D eigenvalue weighted by Gasteiger charge is -2.06. The molecule has 2 aromatic heterocycles. The van der Waals surface area contributed by atoms with E-state index in [1.165, 1.54) is 18.2 Å². The average molecular weight is 349 g/mol. The number of pyridine rings is 1. The van der Waals surface area contributed by atoms with Gasteiger partial charge in [-0.25, -0.2) is 9.37 Å². The van der Waals surface area contributed by atoms with Crippen LogP contribution in [0.5, 0.6) is 0 Å². The largest absolute Gasteiger partial charge is 0.365 e. The number of carbonyl (C=O) groups is 1. The Balaban J connectivity index is 2.03. The van der Waals surface area contributed by atoms with Gasteiger partial charge in [0.2, 0.25) is 0 Å². The number of benzene rings is 1. The molecule has 2 heterocycles. The number of nitrogens with two attached hydrogens (primary N) is 1. The Morgan fingerprint density at radius 2 is 2.17 bits per heavy atom. The number of hydrogen-bond acceptors (Lipinski definition) is 5. The van der Waals surface area contributed by atoms with Gasteiger partial charge < -0.3 is 11.1 Å². The highest BCUT2D eigenvalue weighted by molar-refractivity contribution is 7.17. The number of hydrogen-bond donors (Lipinski definition) is 2. The van der Waals surface area contributed by atoms with Gasteiger partial charge in [0, 0.05) is 18.0 Å². The van der Waals surface area contributed by atoms with Crippen molar-refractivity contribution in [2.24, 2.45) is 5.73 Å². The zero-order valence-corrected chi connectivity index (χ0v) is 13.2. The van der Waals surface area contributed by atoms with Crippen LogP contribution in [0.2, 0.25) is 5.02 Å². The fraction of sp³-hybridized carbons (Fsp3) is 0. The first-order chi connectivity index (χ1) is 11.0. The van der Waals surface area contributed by atoms with Crippen molar-refractivity contribution in [2.75, 3.05) is 5.32 Å². The molecule has 3 rings (SSSR count). The molecule has 3 N–H and O–H groups in total. The lowest BCUT2D eigenvalue weighted by molar-refractivity contribution is 0.100. The van der Waals surface area contributed by atoms with Crippen molar-refractivity contribution in [2.45, 2.75) is 0 Å². The van der Waals surface area contributed by atoms with Crippen LogP contribution in [0.15, 0.2) is 42.7 Å². The van der Waals surface area contributed by atoms with Gasteiger partial charge in [-0.1, -0.05) is 11.6 Å². The Hall–Kier alpha value is -2.51. The van der Waals surface area contributed by atoms with E-state index in [1.54, 1.807) is 18.5 Å². The molecule has 0 unspecified atom stereocenters. The Morgan fingerprint density at radius 3 is 2.87 bits per heavy atom. The fourth-order valence-corrected chi connectivity index (χ4v) is 2.93. The monoisotopic (exact) mass is 348 g/mol. The zero-order valence-electron chi connectivity index (χ0n) is 11.6. The van der Waals surface area contributed by atoms with Crippen molar-refractivity contribution in [3.8, 4) is 10.6 Å². The molecule has 0 aliphatic carbocycles. The first kappa shape index (κ1) is 15.4. The molecule has 8 heteroatoms. The number of nitrogens with zero attached hydrogens (tertiary/aromatic N) is 2. The smallest absolute Gasteiger partial charge is 0.262 e. The highest BCUT2D eigenvalue weighted by Crippen LogP contribution is 2.34. The van der Waals surface area contributed by atoms with E-state index >= 15 is 0 Å². The van der Waals surface area contributed by atoms with Crippen molar-refractivity contribution in [3.63, 3.8) is 0 Å². The van der Waals surface area contributed by atoms with E-state index in [4.69, 9.17) is 17.3 Å². The van der Waals surface area contributed by atoms with Gasteiger partial charge in [0.1, 0.15) is 15.7 Å². The van der Waals surface area contributed by atoms with Crippen molar-refractivity contribution >= 4 is 40.4 Å². The van der Waals surface area contributed by atoms with Crippen LogP contribution in [-0.2, 0) is 0 Å². The van der Waals surface area contributed by atoms with Gasteiger partial charge in [0.15, 0.2) is 5.82 Å². The summed E-state index contributed by atoms with van der Waals surface area (Å²) in [5.74, 6) is -0.859. The molecule has 0 bridgehead atoms. The molecule has 23 heavy (non-hydrogen) atoms. The summed E-state index contributed by atoms with van der Waals surface area (Å²) in [6, 6.07) is 7.45. The topological polar surface area (TPSA) is 80.9 Å². The minimum atomic E-state index is -0.632. The van der Waals surface area contributed by atoms with Gasteiger partial charge >= 0.3 is 0 Å². The van der Waals surface area contributed by atoms with Crippen LogP contribution in [0.3, 0.4) is 0 Å². The van der Waals surface area contributed by atoms with Gasteiger partial charge in [0.05, 0.1) is 10.7 Å². The molecule has 1 aromatic carbocycles. The first-order valence-electron chi connectivity index (χ1n) is 6.47. The third kappa shape index (κ3) is 3.30. The number of anilines is 2. The van der Waals surface area contributed by atoms with E-state index < -0.39 is 11.7 Å². The zero-order chi connectivity index (χ0) is 16.4. The molecule has 0 saturated carbocycles. The second-order valence-electron chi connectivity index (χ2n) is 4.55. The van der Waals surface area contributed by atoms with E-state index in [1.807, 2.05) is 6.07 Å². The molecule has 0 fully saturated rings. The molecule has 0 aliphatic rings. The number of nitrogens with one attached hydrogen (secondary N) is 1. The van der Waals surface area contributed by atoms with Crippen LogP contribution in [0.25, 0.3) is 10.6 Å². The third-order valence-corrected chi connectivity index (χ3v) is 4.39. The molecule has 5 nitrogen and oxygen atoms in total. The molecule has 0 aliphatic heterocycles. The van der Waals surface area contributed by atoms with Crippen LogP contribution >= 0.6 is 22.9 Å². The van der Waals surface area contributed by atoms with Crippen molar-refractivity contribution in [1.29, 1.82) is 0 Å². The summed E-state index contributed by atoms with van der Waals surface area (Å²) in [5.41, 5.74) is 6.45. The van der Waals surface area contributed by atoms with Crippen LogP contribution in [0.1, 0.15) is 9.67 Å². The number of carbonyl (C=O) groups excluding carboxylic acids is 1. The Labute approximate surface area is 140 Å². The SMILES string of the molecule is NC(=O)c1sc(-c2cccnc2)nc1Nc1cc(F)ccc1Cl. The summed E-state index contributed by atoms with van der Waals surface area (Å²) < 4.78 is 13.4. The Kier molecular flexibility index (Phi) is 4.22. The number of amides is 1. The Bertz CT molecular complexity index is 869. The van der Waals surface area contributed by atoms with E-state index in [0.29, 0.717) is 15.7 Å². The highest BCUT2D eigenvalue weighted by atomic mass is 35.5. The summed E-state index contributed by atoms with van der Waals surface area (Å²) in [7, 11) is 0. The average Bonchev–Trinajstić information content (AvgIpc) is 2.96. The summed E-state index contributed by atoms with van der Waals surface area (Å²) >= 11 is 7.15. The van der Waals surface area contributed by atoms with Crippen molar-refractivity contribution in [1.82, 2.24) is 9.97 Å². The molecule has 0 radical (unpaired) electrons. The summed E-state index contributed by atoms with van der Waals surface area (Å²) in [6.07, 6.45) is 3.26. The number of aromatic nitrogens is 2. The summed E-state index contributed by atoms with van der Waals surface area (Å²) in [4.78, 5) is 20.2. The van der Waals surface area contributed by atoms with Crippen LogP contribution in [0, 0.1) is 5.82 Å². The molecular weight excluding hydrogens is 339 g/mol. The van der Waals surface area contributed by atoms with Crippen LogP contribution in [-0.4, -0.2) is 15.9 Å².